The van der Waals surface area contributed by atoms with E-state index in [9.17, 15) is 0 Å². The quantitative estimate of drug-likeness (QED) is 0.854. The number of ether oxygens (including phenoxy) is 1. The summed E-state index contributed by atoms with van der Waals surface area (Å²) < 4.78 is 7.44. The fraction of sp³-hybridized carbons (Fsp3) is 0.333. The third-order valence-corrected chi connectivity index (χ3v) is 2.30. The van der Waals surface area contributed by atoms with Gasteiger partial charge >= 0.3 is 0 Å². The molecule has 0 aliphatic carbocycles. The van der Waals surface area contributed by atoms with Gasteiger partial charge in [-0.3, -0.25) is 4.68 Å². The van der Waals surface area contributed by atoms with E-state index in [1.54, 1.807) is 6.20 Å². The first kappa shape index (κ1) is 11.6. The standard InChI is InChI=1S/C12H16N4O/c1-3-16-9-11(8-14-16)17-12-6-4-5-10(15-12)7-13-2/h4-6,8-9,13H,3,7H2,1-2H3. The normalized spacial score (nSPS) is 10.5. The molecule has 0 saturated heterocycles. The fourth-order valence-corrected chi connectivity index (χ4v) is 1.48. The van der Waals surface area contributed by atoms with Gasteiger partial charge in [-0.15, -0.1) is 0 Å². The molecule has 2 heterocycles. The van der Waals surface area contributed by atoms with E-state index in [1.807, 2.05) is 43.0 Å². The Bertz CT molecular complexity index is 481. The molecule has 0 aliphatic rings. The number of aryl methyl sites for hydroxylation is 1. The second-order valence-corrected chi connectivity index (χ2v) is 3.63. The first-order valence-corrected chi connectivity index (χ1v) is 5.62. The summed E-state index contributed by atoms with van der Waals surface area (Å²) in [6.45, 7) is 3.59. The third kappa shape index (κ3) is 3.04. The monoisotopic (exact) mass is 232 g/mol. The molecule has 0 bridgehead atoms. The van der Waals surface area contributed by atoms with Gasteiger partial charge in [0.15, 0.2) is 5.75 Å². The molecule has 17 heavy (non-hydrogen) atoms. The maximum absolute atomic E-state index is 5.63. The van der Waals surface area contributed by atoms with Crippen molar-refractivity contribution < 1.29 is 4.74 Å². The first-order valence-electron chi connectivity index (χ1n) is 5.62. The van der Waals surface area contributed by atoms with Crippen LogP contribution in [0.5, 0.6) is 11.6 Å². The molecule has 0 spiro atoms. The van der Waals surface area contributed by atoms with Crippen LogP contribution in [0.15, 0.2) is 30.6 Å². The molecule has 0 unspecified atom stereocenters. The highest BCUT2D eigenvalue weighted by Gasteiger charge is 2.02. The molecule has 0 aliphatic heterocycles. The van der Waals surface area contributed by atoms with E-state index in [1.165, 1.54) is 0 Å². The Morgan fingerprint density at radius 3 is 3.00 bits per heavy atom. The highest BCUT2D eigenvalue weighted by Crippen LogP contribution is 2.18. The number of aromatic nitrogens is 3. The van der Waals surface area contributed by atoms with Crippen LogP contribution in [-0.2, 0) is 13.1 Å². The van der Waals surface area contributed by atoms with Gasteiger partial charge in [0.2, 0.25) is 5.88 Å². The lowest BCUT2D eigenvalue weighted by molar-refractivity contribution is 0.459. The summed E-state index contributed by atoms with van der Waals surface area (Å²) in [6.07, 6.45) is 3.54. The van der Waals surface area contributed by atoms with Crippen molar-refractivity contribution in [1.29, 1.82) is 0 Å². The van der Waals surface area contributed by atoms with Gasteiger partial charge in [-0.1, -0.05) is 6.07 Å². The van der Waals surface area contributed by atoms with Crippen LogP contribution in [0.4, 0.5) is 0 Å². The molecule has 2 aromatic rings. The minimum Gasteiger partial charge on any atom is -0.436 e. The molecule has 0 fully saturated rings. The zero-order valence-corrected chi connectivity index (χ0v) is 10.1. The van der Waals surface area contributed by atoms with E-state index in [0.717, 1.165) is 18.8 Å². The van der Waals surface area contributed by atoms with Crippen molar-refractivity contribution in [1.82, 2.24) is 20.1 Å². The molecule has 0 radical (unpaired) electrons. The Balaban J connectivity index is 2.09. The third-order valence-electron chi connectivity index (χ3n) is 2.30. The van der Waals surface area contributed by atoms with Crippen molar-refractivity contribution in [2.75, 3.05) is 7.05 Å². The maximum Gasteiger partial charge on any atom is 0.219 e. The van der Waals surface area contributed by atoms with Crippen LogP contribution in [0.25, 0.3) is 0 Å². The summed E-state index contributed by atoms with van der Waals surface area (Å²) in [5.41, 5.74) is 0.952. The number of pyridine rings is 1. The summed E-state index contributed by atoms with van der Waals surface area (Å²) in [4.78, 5) is 4.37. The summed E-state index contributed by atoms with van der Waals surface area (Å²) in [5.74, 6) is 1.30. The van der Waals surface area contributed by atoms with Gasteiger partial charge in [-0.05, 0) is 20.0 Å². The van der Waals surface area contributed by atoms with Gasteiger partial charge in [0.25, 0.3) is 0 Å². The average molecular weight is 232 g/mol. The van der Waals surface area contributed by atoms with Gasteiger partial charge in [-0.25, -0.2) is 4.98 Å². The molecule has 2 aromatic heterocycles. The van der Waals surface area contributed by atoms with Gasteiger partial charge in [0.1, 0.15) is 0 Å². The smallest absolute Gasteiger partial charge is 0.219 e. The lowest BCUT2D eigenvalue weighted by Crippen LogP contribution is -2.06. The molecule has 0 amide bonds. The Morgan fingerprint density at radius 1 is 1.41 bits per heavy atom. The number of hydrogen-bond acceptors (Lipinski definition) is 4. The van der Waals surface area contributed by atoms with Crippen molar-refractivity contribution in [3.05, 3.63) is 36.3 Å². The lowest BCUT2D eigenvalue weighted by atomic mass is 10.3. The summed E-state index contributed by atoms with van der Waals surface area (Å²) in [6, 6.07) is 5.72. The van der Waals surface area contributed by atoms with E-state index in [2.05, 4.69) is 15.4 Å². The predicted octanol–water partition coefficient (Wildman–Crippen LogP) is 1.81. The SMILES string of the molecule is CCn1cc(Oc2cccc(CNC)n2)cn1. The summed E-state index contributed by atoms with van der Waals surface area (Å²) >= 11 is 0. The molecular formula is C12H16N4O. The Labute approximate surface area is 100 Å². The predicted molar refractivity (Wildman–Crippen MR) is 65.0 cm³/mol. The highest BCUT2D eigenvalue weighted by molar-refractivity contribution is 5.23. The van der Waals surface area contributed by atoms with E-state index in [-0.39, 0.29) is 0 Å². The minimum absolute atomic E-state index is 0.591. The average Bonchev–Trinajstić information content (AvgIpc) is 2.78. The van der Waals surface area contributed by atoms with E-state index >= 15 is 0 Å². The van der Waals surface area contributed by atoms with Gasteiger partial charge in [0, 0.05) is 19.2 Å². The molecular weight excluding hydrogens is 216 g/mol. The van der Waals surface area contributed by atoms with Crippen LogP contribution >= 0.6 is 0 Å². The zero-order valence-electron chi connectivity index (χ0n) is 10.1. The van der Waals surface area contributed by atoms with E-state index in [4.69, 9.17) is 4.74 Å². The minimum atomic E-state index is 0.591. The maximum atomic E-state index is 5.63. The molecule has 2 rings (SSSR count). The van der Waals surface area contributed by atoms with Crippen LogP contribution in [0.3, 0.4) is 0 Å². The Hall–Kier alpha value is -1.88. The molecule has 0 saturated carbocycles. The van der Waals surface area contributed by atoms with Crippen LogP contribution in [-0.4, -0.2) is 21.8 Å². The number of hydrogen-bond donors (Lipinski definition) is 1. The second-order valence-electron chi connectivity index (χ2n) is 3.63. The molecule has 90 valence electrons. The van der Waals surface area contributed by atoms with Gasteiger partial charge in [0.05, 0.1) is 18.1 Å². The van der Waals surface area contributed by atoms with Crippen molar-refractivity contribution >= 4 is 0 Å². The molecule has 5 heteroatoms. The largest absolute Gasteiger partial charge is 0.436 e. The van der Waals surface area contributed by atoms with Crippen LogP contribution in [0, 0.1) is 0 Å². The first-order chi connectivity index (χ1) is 8.31. The fourth-order valence-electron chi connectivity index (χ4n) is 1.48. The van der Waals surface area contributed by atoms with Crippen LogP contribution < -0.4 is 10.1 Å². The number of nitrogens with zero attached hydrogens (tertiary/aromatic N) is 3. The van der Waals surface area contributed by atoms with E-state index < -0.39 is 0 Å². The van der Waals surface area contributed by atoms with Crippen LogP contribution in [0.2, 0.25) is 0 Å². The molecule has 5 nitrogen and oxygen atoms in total. The molecule has 0 aromatic carbocycles. The van der Waals surface area contributed by atoms with Crippen molar-refractivity contribution in [2.45, 2.75) is 20.0 Å². The molecule has 0 atom stereocenters. The van der Waals surface area contributed by atoms with Crippen molar-refractivity contribution in [3.63, 3.8) is 0 Å². The topological polar surface area (TPSA) is 52.0 Å². The molecule has 1 N–H and O–H groups in total. The van der Waals surface area contributed by atoms with Gasteiger partial charge < -0.3 is 10.1 Å². The van der Waals surface area contributed by atoms with Gasteiger partial charge in [-0.2, -0.15) is 5.10 Å². The zero-order chi connectivity index (χ0) is 12.1. The highest BCUT2D eigenvalue weighted by atomic mass is 16.5. The van der Waals surface area contributed by atoms with Crippen molar-refractivity contribution in [2.24, 2.45) is 0 Å². The van der Waals surface area contributed by atoms with Crippen molar-refractivity contribution in [3.8, 4) is 11.6 Å². The number of rotatable bonds is 5. The lowest BCUT2D eigenvalue weighted by Gasteiger charge is -2.04. The number of nitrogens with one attached hydrogen (secondary N) is 1. The van der Waals surface area contributed by atoms with E-state index in [0.29, 0.717) is 11.6 Å². The second kappa shape index (κ2) is 5.45. The Morgan fingerprint density at radius 2 is 2.29 bits per heavy atom. The summed E-state index contributed by atoms with van der Waals surface area (Å²) in [5, 5.41) is 7.19. The van der Waals surface area contributed by atoms with Crippen LogP contribution in [0.1, 0.15) is 12.6 Å². The Kier molecular flexibility index (Phi) is 3.72. The summed E-state index contributed by atoms with van der Waals surface area (Å²) in [7, 11) is 1.89.